The van der Waals surface area contributed by atoms with Crippen molar-refractivity contribution in [3.8, 4) is 34.5 Å². The van der Waals surface area contributed by atoms with Gasteiger partial charge in [0, 0.05) is 29.5 Å². The lowest BCUT2D eigenvalue weighted by Gasteiger charge is -2.23. The van der Waals surface area contributed by atoms with E-state index in [1.807, 2.05) is 6.08 Å². The summed E-state index contributed by atoms with van der Waals surface area (Å²) in [4.78, 5) is 0. The third kappa shape index (κ3) is 3.75. The van der Waals surface area contributed by atoms with E-state index >= 15 is 0 Å². The molecule has 6 nitrogen and oxygen atoms in total. The maximum absolute atomic E-state index is 10.9. The van der Waals surface area contributed by atoms with Crippen LogP contribution in [0, 0.1) is 0 Å². The Labute approximate surface area is 195 Å². The van der Waals surface area contributed by atoms with Crippen molar-refractivity contribution in [2.24, 2.45) is 0 Å². The van der Waals surface area contributed by atoms with Gasteiger partial charge in [0.05, 0.1) is 0 Å². The molecule has 1 aliphatic carbocycles. The van der Waals surface area contributed by atoms with E-state index in [1.165, 1.54) is 12.1 Å². The second-order valence-corrected chi connectivity index (χ2v) is 8.45. The summed E-state index contributed by atoms with van der Waals surface area (Å²) in [5.74, 6) is -1.07. The number of aromatic hydroxyl groups is 6. The van der Waals surface area contributed by atoms with Crippen molar-refractivity contribution in [3.05, 3.63) is 107 Å². The van der Waals surface area contributed by atoms with Crippen molar-refractivity contribution in [1.29, 1.82) is 0 Å². The van der Waals surface area contributed by atoms with E-state index in [4.69, 9.17) is 0 Å². The van der Waals surface area contributed by atoms with Gasteiger partial charge in [0.2, 0.25) is 0 Å². The Morgan fingerprint density at radius 1 is 0.500 bits per heavy atom. The third-order valence-electron chi connectivity index (χ3n) is 6.18. The quantitative estimate of drug-likeness (QED) is 0.247. The van der Waals surface area contributed by atoms with Gasteiger partial charge in [-0.2, -0.15) is 0 Å². The summed E-state index contributed by atoms with van der Waals surface area (Å²) in [6.07, 6.45) is 1.89. The standard InChI is InChI=1S/C28H22O6/c29-18-5-1-15(2-6-18)9-23-24-13-22(33)14-25(34)28(24)27(16-3-7-19(30)8-4-16)26(23)17-10-20(31)12-21(32)11-17/h1-14,26-27,29-34H/b23-9-/t26?,27-/m1/s1. The second kappa shape index (κ2) is 8.08. The molecule has 0 bridgehead atoms. The molecule has 0 heterocycles. The summed E-state index contributed by atoms with van der Waals surface area (Å²) < 4.78 is 0. The average molecular weight is 454 g/mol. The molecule has 170 valence electrons. The van der Waals surface area contributed by atoms with Crippen LogP contribution >= 0.6 is 0 Å². The average Bonchev–Trinajstić information content (AvgIpc) is 3.09. The molecule has 1 aliphatic rings. The van der Waals surface area contributed by atoms with Gasteiger partial charge in [-0.25, -0.2) is 0 Å². The molecule has 4 aromatic carbocycles. The maximum atomic E-state index is 10.9. The number of allylic oxidation sites excluding steroid dienone is 1. The van der Waals surface area contributed by atoms with Crippen molar-refractivity contribution in [2.75, 3.05) is 0 Å². The highest BCUT2D eigenvalue weighted by Crippen LogP contribution is 2.58. The van der Waals surface area contributed by atoms with Crippen molar-refractivity contribution >= 4 is 11.6 Å². The summed E-state index contributed by atoms with van der Waals surface area (Å²) >= 11 is 0. The SMILES string of the molecule is Oc1ccc(/C=C2/c3cc(O)cc(O)c3[C@H](c3ccc(O)cc3)C2c2cc(O)cc(O)c2)cc1. The lowest BCUT2D eigenvalue weighted by atomic mass is 9.79. The predicted molar refractivity (Wildman–Crippen MR) is 128 cm³/mol. The Morgan fingerprint density at radius 3 is 1.68 bits per heavy atom. The summed E-state index contributed by atoms with van der Waals surface area (Å²) in [7, 11) is 0. The molecular weight excluding hydrogens is 432 g/mol. The van der Waals surface area contributed by atoms with Gasteiger partial charge in [0.25, 0.3) is 0 Å². The molecule has 0 radical (unpaired) electrons. The zero-order valence-corrected chi connectivity index (χ0v) is 17.9. The molecule has 0 saturated heterocycles. The Bertz CT molecular complexity index is 1380. The number of fused-ring (bicyclic) bond motifs is 1. The van der Waals surface area contributed by atoms with E-state index in [0.29, 0.717) is 16.7 Å². The Balaban J connectivity index is 1.82. The van der Waals surface area contributed by atoms with Crippen LogP contribution < -0.4 is 0 Å². The zero-order chi connectivity index (χ0) is 24.0. The van der Waals surface area contributed by atoms with Crippen LogP contribution in [0.25, 0.3) is 11.6 Å². The Morgan fingerprint density at radius 2 is 1.06 bits per heavy atom. The van der Waals surface area contributed by atoms with Crippen LogP contribution in [0.15, 0.2) is 78.9 Å². The van der Waals surface area contributed by atoms with E-state index < -0.39 is 11.8 Å². The number of phenols is 6. The lowest BCUT2D eigenvalue weighted by molar-refractivity contribution is 0.444. The van der Waals surface area contributed by atoms with Crippen molar-refractivity contribution in [1.82, 2.24) is 0 Å². The van der Waals surface area contributed by atoms with Gasteiger partial charge >= 0.3 is 0 Å². The summed E-state index contributed by atoms with van der Waals surface area (Å²) in [6, 6.07) is 20.5. The molecule has 0 spiro atoms. The van der Waals surface area contributed by atoms with E-state index in [0.717, 1.165) is 16.7 Å². The minimum Gasteiger partial charge on any atom is -0.508 e. The van der Waals surface area contributed by atoms with Crippen molar-refractivity contribution < 1.29 is 30.6 Å². The molecule has 0 aliphatic heterocycles. The molecule has 0 aromatic heterocycles. The number of hydrogen-bond acceptors (Lipinski definition) is 6. The third-order valence-corrected chi connectivity index (χ3v) is 6.18. The maximum Gasteiger partial charge on any atom is 0.123 e. The van der Waals surface area contributed by atoms with E-state index in [2.05, 4.69) is 0 Å². The smallest absolute Gasteiger partial charge is 0.123 e. The van der Waals surface area contributed by atoms with Gasteiger partial charge < -0.3 is 30.6 Å². The Kier molecular flexibility index (Phi) is 5.06. The molecule has 0 amide bonds. The summed E-state index contributed by atoms with van der Waals surface area (Å²) in [5, 5.41) is 61.2. The van der Waals surface area contributed by atoms with Crippen LogP contribution in [0.4, 0.5) is 0 Å². The van der Waals surface area contributed by atoms with Crippen LogP contribution in [-0.2, 0) is 0 Å². The topological polar surface area (TPSA) is 121 Å². The van der Waals surface area contributed by atoms with Gasteiger partial charge in [0.1, 0.15) is 34.5 Å². The van der Waals surface area contributed by atoms with E-state index in [1.54, 1.807) is 66.7 Å². The normalized spacial score (nSPS) is 18.2. The number of hydrogen-bond donors (Lipinski definition) is 6. The van der Waals surface area contributed by atoms with E-state index in [9.17, 15) is 30.6 Å². The molecule has 34 heavy (non-hydrogen) atoms. The molecule has 5 rings (SSSR count). The van der Waals surface area contributed by atoms with Crippen LogP contribution in [0.5, 0.6) is 34.5 Å². The molecule has 6 heteroatoms. The first-order valence-electron chi connectivity index (χ1n) is 10.7. The van der Waals surface area contributed by atoms with E-state index in [-0.39, 0.29) is 34.5 Å². The van der Waals surface area contributed by atoms with Gasteiger partial charge in [-0.05, 0) is 70.3 Å². The van der Waals surface area contributed by atoms with Crippen LogP contribution in [0.1, 0.15) is 39.7 Å². The first-order chi connectivity index (χ1) is 16.3. The zero-order valence-electron chi connectivity index (χ0n) is 17.9. The number of benzene rings is 4. The predicted octanol–water partition coefficient (Wildman–Crippen LogP) is 5.39. The van der Waals surface area contributed by atoms with Crippen LogP contribution in [-0.4, -0.2) is 30.6 Å². The second-order valence-electron chi connectivity index (χ2n) is 8.45. The first kappa shape index (κ1) is 21.3. The van der Waals surface area contributed by atoms with Gasteiger partial charge in [-0.1, -0.05) is 30.3 Å². The number of phenolic OH excluding ortho intramolecular Hbond substituents is 6. The highest BCUT2D eigenvalue weighted by molar-refractivity contribution is 5.93. The molecular formula is C28H22O6. The lowest BCUT2D eigenvalue weighted by Crippen LogP contribution is -2.08. The molecule has 6 N–H and O–H groups in total. The van der Waals surface area contributed by atoms with Gasteiger partial charge in [-0.15, -0.1) is 0 Å². The largest absolute Gasteiger partial charge is 0.508 e. The van der Waals surface area contributed by atoms with Gasteiger partial charge in [0.15, 0.2) is 0 Å². The molecule has 1 unspecified atom stereocenters. The summed E-state index contributed by atoms with van der Waals surface area (Å²) in [6.45, 7) is 0. The first-order valence-corrected chi connectivity index (χ1v) is 10.7. The highest BCUT2D eigenvalue weighted by atomic mass is 16.3. The van der Waals surface area contributed by atoms with Crippen LogP contribution in [0.2, 0.25) is 0 Å². The monoisotopic (exact) mass is 454 g/mol. The highest BCUT2D eigenvalue weighted by Gasteiger charge is 2.41. The molecule has 0 fully saturated rings. The van der Waals surface area contributed by atoms with Crippen molar-refractivity contribution in [2.45, 2.75) is 11.8 Å². The fourth-order valence-electron chi connectivity index (χ4n) is 4.83. The number of rotatable bonds is 3. The minimum absolute atomic E-state index is 0.0865. The Hall–Kier alpha value is -4.58. The van der Waals surface area contributed by atoms with Crippen LogP contribution in [0.3, 0.4) is 0 Å². The van der Waals surface area contributed by atoms with Gasteiger partial charge in [-0.3, -0.25) is 0 Å². The summed E-state index contributed by atoms with van der Waals surface area (Å²) in [5.41, 5.74) is 4.13. The minimum atomic E-state index is -0.459. The fraction of sp³-hybridized carbons (Fsp3) is 0.0714. The molecule has 0 saturated carbocycles. The van der Waals surface area contributed by atoms with Crippen molar-refractivity contribution in [3.63, 3.8) is 0 Å². The molecule has 4 aromatic rings. The molecule has 2 atom stereocenters. The fourth-order valence-corrected chi connectivity index (χ4v) is 4.83.